The van der Waals surface area contributed by atoms with E-state index in [4.69, 9.17) is 4.74 Å². The molecular formula is C32H36FN3O4. The third kappa shape index (κ3) is 6.86. The second-order valence-electron chi connectivity index (χ2n) is 10.5. The highest BCUT2D eigenvalue weighted by atomic mass is 19.1. The maximum atomic E-state index is 14.0. The molecule has 4 rings (SSSR count). The molecule has 3 amide bonds. The lowest BCUT2D eigenvalue weighted by molar-refractivity contribution is -0.144. The number of hydrogen-bond donors (Lipinski definition) is 3. The number of carbonyl (C=O) groups is 3. The maximum Gasteiger partial charge on any atom is 0.328 e. The van der Waals surface area contributed by atoms with Crippen molar-refractivity contribution in [1.82, 2.24) is 5.32 Å². The second kappa shape index (κ2) is 12.8. The summed E-state index contributed by atoms with van der Waals surface area (Å²) in [6, 6.07) is 13.6. The minimum atomic E-state index is -0.791. The summed E-state index contributed by atoms with van der Waals surface area (Å²) in [5.74, 6) is -1.42. The van der Waals surface area contributed by atoms with Gasteiger partial charge in [0.2, 0.25) is 0 Å². The van der Waals surface area contributed by atoms with Crippen molar-refractivity contribution in [3.8, 4) is 11.1 Å². The number of urea groups is 1. The molecule has 1 aliphatic rings. The van der Waals surface area contributed by atoms with Gasteiger partial charge in [-0.1, -0.05) is 55.2 Å². The molecule has 40 heavy (non-hydrogen) atoms. The SMILES string of the molecule is COC(=O)[C@@H](NC(=O)c1ccc(-c2cccc(F)c2)cc1NC(=O)Nc1c(C)cc(C)cc1C)C1CCCCC1. The zero-order valence-corrected chi connectivity index (χ0v) is 23.4. The van der Waals surface area contributed by atoms with E-state index in [9.17, 15) is 18.8 Å². The van der Waals surface area contributed by atoms with Gasteiger partial charge in [0.25, 0.3) is 5.91 Å². The summed E-state index contributed by atoms with van der Waals surface area (Å²) in [6.45, 7) is 5.82. The Morgan fingerprint density at radius 3 is 2.20 bits per heavy atom. The van der Waals surface area contributed by atoms with Crippen molar-refractivity contribution in [3.63, 3.8) is 0 Å². The number of ether oxygens (including phenoxy) is 1. The normalized spacial score (nSPS) is 14.2. The average molecular weight is 546 g/mol. The predicted molar refractivity (Wildman–Crippen MR) is 155 cm³/mol. The molecule has 1 fully saturated rings. The van der Waals surface area contributed by atoms with Crippen molar-refractivity contribution in [2.45, 2.75) is 58.9 Å². The lowest BCUT2D eigenvalue weighted by Gasteiger charge is -2.29. The molecule has 8 heteroatoms. The molecule has 0 aliphatic heterocycles. The molecule has 0 spiro atoms. The monoisotopic (exact) mass is 545 g/mol. The van der Waals surface area contributed by atoms with Gasteiger partial charge in [-0.2, -0.15) is 0 Å². The van der Waals surface area contributed by atoms with E-state index in [0.717, 1.165) is 48.8 Å². The lowest BCUT2D eigenvalue weighted by Crippen LogP contribution is -2.47. The van der Waals surface area contributed by atoms with Crippen LogP contribution in [0.25, 0.3) is 11.1 Å². The Kier molecular flexibility index (Phi) is 9.19. The van der Waals surface area contributed by atoms with Crippen LogP contribution in [-0.2, 0) is 9.53 Å². The number of rotatable bonds is 7. The van der Waals surface area contributed by atoms with E-state index < -0.39 is 29.8 Å². The number of halogens is 1. The van der Waals surface area contributed by atoms with Crippen LogP contribution in [0.15, 0.2) is 54.6 Å². The van der Waals surface area contributed by atoms with Crippen LogP contribution in [0.5, 0.6) is 0 Å². The van der Waals surface area contributed by atoms with Crippen molar-refractivity contribution in [2.24, 2.45) is 5.92 Å². The first-order valence-corrected chi connectivity index (χ1v) is 13.6. The summed E-state index contributed by atoms with van der Waals surface area (Å²) in [5.41, 5.74) is 5.20. The first kappa shape index (κ1) is 28.8. The summed E-state index contributed by atoms with van der Waals surface area (Å²) in [4.78, 5) is 39.4. The van der Waals surface area contributed by atoms with E-state index in [-0.39, 0.29) is 17.2 Å². The van der Waals surface area contributed by atoms with E-state index >= 15 is 0 Å². The Morgan fingerprint density at radius 2 is 1.55 bits per heavy atom. The van der Waals surface area contributed by atoms with Crippen LogP contribution in [0.1, 0.15) is 59.2 Å². The first-order chi connectivity index (χ1) is 19.2. The summed E-state index contributed by atoms with van der Waals surface area (Å²) >= 11 is 0. The Bertz CT molecular complexity index is 1390. The molecule has 1 atom stereocenters. The summed E-state index contributed by atoms with van der Waals surface area (Å²) < 4.78 is 19.0. The number of nitrogens with one attached hydrogen (secondary N) is 3. The summed E-state index contributed by atoms with van der Waals surface area (Å²) in [6.07, 6.45) is 4.72. The molecule has 210 valence electrons. The van der Waals surface area contributed by atoms with Gasteiger partial charge in [-0.05, 0) is 86.1 Å². The highest BCUT2D eigenvalue weighted by Gasteiger charge is 2.32. The van der Waals surface area contributed by atoms with Gasteiger partial charge in [0.05, 0.1) is 18.4 Å². The number of hydrogen-bond acceptors (Lipinski definition) is 4. The van der Waals surface area contributed by atoms with Gasteiger partial charge < -0.3 is 20.7 Å². The van der Waals surface area contributed by atoms with Crippen LogP contribution < -0.4 is 16.0 Å². The molecular weight excluding hydrogens is 509 g/mol. The van der Waals surface area contributed by atoms with Gasteiger partial charge in [0.1, 0.15) is 11.9 Å². The quantitative estimate of drug-likeness (QED) is 0.281. The largest absolute Gasteiger partial charge is 0.467 e. The van der Waals surface area contributed by atoms with E-state index in [0.29, 0.717) is 16.8 Å². The Labute approximate surface area is 234 Å². The molecule has 0 unspecified atom stereocenters. The highest BCUT2D eigenvalue weighted by Crippen LogP contribution is 2.30. The molecule has 0 radical (unpaired) electrons. The van der Waals surface area contributed by atoms with Crippen LogP contribution in [0.2, 0.25) is 0 Å². The minimum Gasteiger partial charge on any atom is -0.467 e. The second-order valence-corrected chi connectivity index (χ2v) is 10.5. The average Bonchev–Trinajstić information content (AvgIpc) is 2.93. The molecule has 3 aromatic rings. The number of aryl methyl sites for hydroxylation is 3. The maximum absolute atomic E-state index is 14.0. The standard InChI is InChI=1S/C32H36FN3O4/c1-19-15-20(2)28(21(3)16-19)36-32(39)34-27-18-24(23-11-8-12-25(33)17-23)13-14-26(27)30(37)35-29(31(38)40-4)22-9-6-5-7-10-22/h8,11-18,22,29H,5-7,9-10H2,1-4H3,(H,35,37)(H2,34,36,39)/t29-/m0/s1. The van der Waals surface area contributed by atoms with Crippen LogP contribution in [-0.4, -0.2) is 31.1 Å². The van der Waals surface area contributed by atoms with E-state index in [1.54, 1.807) is 30.3 Å². The van der Waals surface area contributed by atoms with Crippen molar-refractivity contribution in [1.29, 1.82) is 0 Å². The van der Waals surface area contributed by atoms with Crippen molar-refractivity contribution in [3.05, 3.63) is 82.7 Å². The molecule has 0 saturated heterocycles. The highest BCUT2D eigenvalue weighted by molar-refractivity contribution is 6.08. The minimum absolute atomic E-state index is 0.0242. The number of benzene rings is 3. The molecule has 0 bridgehead atoms. The van der Waals surface area contributed by atoms with Crippen LogP contribution >= 0.6 is 0 Å². The molecule has 7 nitrogen and oxygen atoms in total. The lowest BCUT2D eigenvalue weighted by atomic mass is 9.83. The zero-order valence-electron chi connectivity index (χ0n) is 23.4. The topological polar surface area (TPSA) is 96.5 Å². The third-order valence-electron chi connectivity index (χ3n) is 7.45. The first-order valence-electron chi connectivity index (χ1n) is 13.6. The summed E-state index contributed by atoms with van der Waals surface area (Å²) in [5, 5.41) is 8.57. The van der Waals surface area contributed by atoms with Gasteiger partial charge in [-0.3, -0.25) is 4.79 Å². The van der Waals surface area contributed by atoms with Gasteiger partial charge >= 0.3 is 12.0 Å². The Morgan fingerprint density at radius 1 is 0.875 bits per heavy atom. The fourth-order valence-electron chi connectivity index (χ4n) is 5.52. The predicted octanol–water partition coefficient (Wildman–Crippen LogP) is 6.91. The molecule has 1 aliphatic carbocycles. The van der Waals surface area contributed by atoms with Gasteiger partial charge in [-0.25, -0.2) is 14.0 Å². The molecule has 3 aromatic carbocycles. The smallest absolute Gasteiger partial charge is 0.328 e. The number of anilines is 2. The molecule has 0 heterocycles. The van der Waals surface area contributed by atoms with Crippen LogP contribution in [0.4, 0.5) is 20.6 Å². The Balaban J connectivity index is 1.66. The molecule has 1 saturated carbocycles. The van der Waals surface area contributed by atoms with E-state index in [1.165, 1.54) is 19.2 Å². The van der Waals surface area contributed by atoms with Crippen LogP contribution in [0, 0.1) is 32.5 Å². The fourth-order valence-corrected chi connectivity index (χ4v) is 5.52. The number of amides is 3. The zero-order chi connectivity index (χ0) is 28.8. The van der Waals surface area contributed by atoms with Crippen molar-refractivity contribution < 1.29 is 23.5 Å². The van der Waals surface area contributed by atoms with Gasteiger partial charge in [-0.15, -0.1) is 0 Å². The fraction of sp³-hybridized carbons (Fsp3) is 0.344. The number of esters is 1. The number of methoxy groups -OCH3 is 1. The molecule has 3 N–H and O–H groups in total. The van der Waals surface area contributed by atoms with Crippen LogP contribution in [0.3, 0.4) is 0 Å². The van der Waals surface area contributed by atoms with Gasteiger partial charge in [0.15, 0.2) is 0 Å². The van der Waals surface area contributed by atoms with Crippen molar-refractivity contribution in [2.75, 3.05) is 17.7 Å². The summed E-state index contributed by atoms with van der Waals surface area (Å²) in [7, 11) is 1.31. The molecule has 0 aromatic heterocycles. The van der Waals surface area contributed by atoms with Gasteiger partial charge in [0, 0.05) is 5.69 Å². The number of carbonyl (C=O) groups excluding carboxylic acids is 3. The van der Waals surface area contributed by atoms with Crippen molar-refractivity contribution >= 4 is 29.3 Å². The Hall–Kier alpha value is -4.20. The third-order valence-corrected chi connectivity index (χ3v) is 7.45. The van der Waals surface area contributed by atoms with E-state index in [1.807, 2.05) is 32.9 Å². The van der Waals surface area contributed by atoms with E-state index in [2.05, 4.69) is 16.0 Å².